The number of nitrogens with two attached hydrogens (primary N) is 1. The van der Waals surface area contributed by atoms with Gasteiger partial charge in [-0.15, -0.1) is 5.10 Å². The Morgan fingerprint density at radius 2 is 2.12 bits per heavy atom. The molecule has 0 atom stereocenters. The van der Waals surface area contributed by atoms with Crippen molar-refractivity contribution >= 4 is 11.2 Å². The summed E-state index contributed by atoms with van der Waals surface area (Å²) >= 11 is 0. The molecule has 1 aliphatic rings. The van der Waals surface area contributed by atoms with Gasteiger partial charge < -0.3 is 5.73 Å². The van der Waals surface area contributed by atoms with E-state index in [0.29, 0.717) is 5.65 Å². The first-order chi connectivity index (χ1) is 7.53. The third-order valence-corrected chi connectivity index (χ3v) is 3.93. The molecule has 3 rings (SSSR count). The largest absolute Gasteiger partial charge is 0.324 e. The zero-order chi connectivity index (χ0) is 11.4. The molecule has 0 aliphatic heterocycles. The molecule has 0 aromatic carbocycles. The zero-order valence-corrected chi connectivity index (χ0v) is 9.49. The zero-order valence-electron chi connectivity index (χ0n) is 9.49. The third-order valence-electron chi connectivity index (χ3n) is 3.93. The van der Waals surface area contributed by atoms with Crippen molar-refractivity contribution in [3.05, 3.63) is 17.8 Å². The van der Waals surface area contributed by atoms with Crippen LogP contribution < -0.4 is 5.73 Å². The summed E-state index contributed by atoms with van der Waals surface area (Å²) in [5, 5.41) is 10.6. The molecule has 2 aromatic rings. The first-order valence-electron chi connectivity index (χ1n) is 5.49. The second-order valence-corrected chi connectivity index (χ2v) is 5.17. The number of hydrogen-bond acceptors (Lipinski definition) is 4. The van der Waals surface area contributed by atoms with Crippen molar-refractivity contribution < 1.29 is 0 Å². The van der Waals surface area contributed by atoms with Crippen LogP contribution in [-0.2, 0) is 5.41 Å². The van der Waals surface area contributed by atoms with Gasteiger partial charge in [0.2, 0.25) is 5.65 Å². The molecule has 3 N–H and O–H groups in total. The standard InChI is InChI=1S/C11H15N5/c1-10(2,11(12)3-4-11)7-5-8-9(13-6-7)15-16-14-8/h5-6H,3-4,12H2,1-2H3,(H,13,14,15,16). The van der Waals surface area contributed by atoms with Gasteiger partial charge in [-0.3, -0.25) is 0 Å². The summed E-state index contributed by atoms with van der Waals surface area (Å²) < 4.78 is 0. The molecular weight excluding hydrogens is 202 g/mol. The molecular formula is C11H15N5. The van der Waals surface area contributed by atoms with Crippen LogP contribution in [0.25, 0.3) is 11.2 Å². The molecule has 0 radical (unpaired) electrons. The third kappa shape index (κ3) is 1.18. The number of hydrogen-bond donors (Lipinski definition) is 2. The topological polar surface area (TPSA) is 80.5 Å². The summed E-state index contributed by atoms with van der Waals surface area (Å²) in [7, 11) is 0. The van der Waals surface area contributed by atoms with E-state index in [4.69, 9.17) is 5.73 Å². The molecule has 84 valence electrons. The molecule has 1 fully saturated rings. The monoisotopic (exact) mass is 217 g/mol. The van der Waals surface area contributed by atoms with Crippen LogP contribution in [-0.4, -0.2) is 25.9 Å². The quantitative estimate of drug-likeness (QED) is 0.790. The molecule has 5 nitrogen and oxygen atoms in total. The maximum atomic E-state index is 6.30. The summed E-state index contributed by atoms with van der Waals surface area (Å²) in [6.07, 6.45) is 4.02. The fourth-order valence-corrected chi connectivity index (χ4v) is 2.13. The minimum Gasteiger partial charge on any atom is -0.324 e. The Hall–Kier alpha value is -1.49. The molecule has 0 spiro atoms. The summed E-state index contributed by atoms with van der Waals surface area (Å²) in [5.74, 6) is 0. The van der Waals surface area contributed by atoms with Crippen molar-refractivity contribution in [1.29, 1.82) is 0 Å². The van der Waals surface area contributed by atoms with E-state index >= 15 is 0 Å². The van der Waals surface area contributed by atoms with Crippen molar-refractivity contribution in [2.75, 3.05) is 0 Å². The summed E-state index contributed by atoms with van der Waals surface area (Å²) in [5.41, 5.74) is 8.75. The highest BCUT2D eigenvalue weighted by atomic mass is 15.3. The van der Waals surface area contributed by atoms with Gasteiger partial charge in [-0.05, 0) is 24.5 Å². The van der Waals surface area contributed by atoms with Crippen molar-refractivity contribution in [1.82, 2.24) is 20.4 Å². The molecule has 5 heteroatoms. The Morgan fingerprint density at radius 3 is 2.81 bits per heavy atom. The highest BCUT2D eigenvalue weighted by molar-refractivity contribution is 5.69. The van der Waals surface area contributed by atoms with Crippen LogP contribution in [0.3, 0.4) is 0 Å². The molecule has 1 aliphatic carbocycles. The van der Waals surface area contributed by atoms with Gasteiger partial charge in [-0.25, -0.2) is 4.98 Å². The van der Waals surface area contributed by atoms with Crippen LogP contribution in [0.15, 0.2) is 12.3 Å². The normalized spacial score (nSPS) is 18.9. The lowest BCUT2D eigenvalue weighted by atomic mass is 9.76. The number of aromatic amines is 1. The average molecular weight is 217 g/mol. The van der Waals surface area contributed by atoms with Crippen LogP contribution in [0.4, 0.5) is 0 Å². The minimum atomic E-state index is -0.0773. The number of H-pyrrole nitrogens is 1. The van der Waals surface area contributed by atoms with E-state index in [2.05, 4.69) is 34.2 Å². The average Bonchev–Trinajstić information content (AvgIpc) is 2.86. The lowest BCUT2D eigenvalue weighted by molar-refractivity contribution is 0.390. The van der Waals surface area contributed by atoms with E-state index in [9.17, 15) is 0 Å². The van der Waals surface area contributed by atoms with E-state index in [1.54, 1.807) is 0 Å². The first-order valence-corrected chi connectivity index (χ1v) is 5.49. The molecule has 0 saturated heterocycles. The summed E-state index contributed by atoms with van der Waals surface area (Å²) in [4.78, 5) is 4.29. The van der Waals surface area contributed by atoms with E-state index in [1.807, 2.05) is 12.3 Å². The van der Waals surface area contributed by atoms with Crippen LogP contribution in [0.2, 0.25) is 0 Å². The number of rotatable bonds is 2. The smallest absolute Gasteiger partial charge is 0.201 e. The van der Waals surface area contributed by atoms with Crippen LogP contribution >= 0.6 is 0 Å². The van der Waals surface area contributed by atoms with Gasteiger partial charge >= 0.3 is 0 Å². The predicted molar refractivity (Wildman–Crippen MR) is 60.9 cm³/mol. The molecule has 2 heterocycles. The minimum absolute atomic E-state index is 0.0624. The maximum absolute atomic E-state index is 6.30. The maximum Gasteiger partial charge on any atom is 0.201 e. The van der Waals surface area contributed by atoms with Crippen molar-refractivity contribution in [2.45, 2.75) is 37.6 Å². The molecule has 16 heavy (non-hydrogen) atoms. The lowest BCUT2D eigenvalue weighted by Crippen LogP contribution is -2.43. The van der Waals surface area contributed by atoms with E-state index in [-0.39, 0.29) is 11.0 Å². The lowest BCUT2D eigenvalue weighted by Gasteiger charge is -2.32. The van der Waals surface area contributed by atoms with Crippen molar-refractivity contribution in [3.8, 4) is 0 Å². The highest BCUT2D eigenvalue weighted by Crippen LogP contribution is 2.49. The Balaban J connectivity index is 2.11. The molecule has 0 bridgehead atoms. The van der Waals surface area contributed by atoms with E-state index in [1.165, 1.54) is 0 Å². The predicted octanol–water partition coefficient (Wildman–Crippen LogP) is 1.12. The highest BCUT2D eigenvalue weighted by Gasteiger charge is 2.52. The van der Waals surface area contributed by atoms with Gasteiger partial charge in [0.1, 0.15) is 5.52 Å². The van der Waals surface area contributed by atoms with Gasteiger partial charge in [0, 0.05) is 17.2 Å². The Morgan fingerprint density at radius 1 is 1.38 bits per heavy atom. The second-order valence-electron chi connectivity index (χ2n) is 5.17. The Bertz CT molecular complexity index is 538. The van der Waals surface area contributed by atoms with Gasteiger partial charge in [0.15, 0.2) is 0 Å². The van der Waals surface area contributed by atoms with Crippen LogP contribution in [0.5, 0.6) is 0 Å². The van der Waals surface area contributed by atoms with E-state index in [0.717, 1.165) is 23.9 Å². The number of aromatic nitrogens is 4. The van der Waals surface area contributed by atoms with E-state index < -0.39 is 0 Å². The number of nitrogens with one attached hydrogen (secondary N) is 1. The second kappa shape index (κ2) is 2.79. The first kappa shape index (κ1) is 9.72. The number of pyridine rings is 1. The van der Waals surface area contributed by atoms with Gasteiger partial charge in [-0.2, -0.15) is 10.3 Å². The molecule has 0 unspecified atom stereocenters. The molecule has 0 amide bonds. The van der Waals surface area contributed by atoms with Crippen LogP contribution in [0, 0.1) is 0 Å². The molecule has 1 saturated carbocycles. The van der Waals surface area contributed by atoms with Gasteiger partial charge in [-0.1, -0.05) is 13.8 Å². The fourth-order valence-electron chi connectivity index (χ4n) is 2.13. The summed E-state index contributed by atoms with van der Waals surface area (Å²) in [6.45, 7) is 4.34. The fraction of sp³-hybridized carbons (Fsp3) is 0.545. The van der Waals surface area contributed by atoms with Gasteiger partial charge in [0.05, 0.1) is 0 Å². The van der Waals surface area contributed by atoms with Crippen molar-refractivity contribution in [3.63, 3.8) is 0 Å². The van der Waals surface area contributed by atoms with Crippen LogP contribution in [0.1, 0.15) is 32.3 Å². The van der Waals surface area contributed by atoms with Gasteiger partial charge in [0.25, 0.3) is 0 Å². The Labute approximate surface area is 93.4 Å². The molecule has 2 aromatic heterocycles. The number of nitrogens with zero attached hydrogens (tertiary/aromatic N) is 3. The summed E-state index contributed by atoms with van der Waals surface area (Å²) in [6, 6.07) is 2.03. The Kier molecular flexibility index (Phi) is 1.70. The van der Waals surface area contributed by atoms with Crippen molar-refractivity contribution in [2.24, 2.45) is 5.73 Å². The SMILES string of the molecule is CC(C)(c1cnc2n[nH]nc2c1)C1(N)CC1. The number of fused-ring (bicyclic) bond motifs is 1.